The number of ether oxygens (including phenoxy) is 1. The van der Waals surface area contributed by atoms with E-state index in [1.165, 1.54) is 5.57 Å². The van der Waals surface area contributed by atoms with Crippen molar-refractivity contribution in [3.63, 3.8) is 0 Å². The molecule has 4 rings (SSSR count). The van der Waals surface area contributed by atoms with E-state index in [0.717, 1.165) is 44.9 Å². The summed E-state index contributed by atoms with van der Waals surface area (Å²) in [6, 6.07) is 0. The van der Waals surface area contributed by atoms with Crippen LogP contribution in [0, 0.1) is 28.6 Å². The summed E-state index contributed by atoms with van der Waals surface area (Å²) < 4.78 is 5.26. The highest BCUT2D eigenvalue weighted by molar-refractivity contribution is 5.86. The Labute approximate surface area is 156 Å². The molecule has 0 bridgehead atoms. The first-order valence-electron chi connectivity index (χ1n) is 10.3. The molecular formula is C22H32O4. The topological polar surface area (TPSA) is 63.6 Å². The molecule has 0 aromatic rings. The number of Topliss-reactive ketones (excluding diaryl/α,β-unsaturated/α-hetero) is 1. The number of aliphatic hydroxyl groups is 1. The Hall–Kier alpha value is -1.16. The van der Waals surface area contributed by atoms with E-state index in [0.29, 0.717) is 30.6 Å². The van der Waals surface area contributed by atoms with Crippen LogP contribution in [0.25, 0.3) is 0 Å². The highest BCUT2D eigenvalue weighted by atomic mass is 16.5. The summed E-state index contributed by atoms with van der Waals surface area (Å²) >= 11 is 0. The van der Waals surface area contributed by atoms with Gasteiger partial charge < -0.3 is 9.84 Å². The molecule has 0 spiro atoms. The SMILES string of the molecule is CC(=O)[C@]1(O)CC[C@@H]2[C@@H]3CC=C4C[C@H](OC=O)CC[C@]4(C)[C@@H]3CC[C@@]21C. The molecular weight excluding hydrogens is 328 g/mol. The molecule has 0 aromatic carbocycles. The average molecular weight is 360 g/mol. The Morgan fingerprint density at radius 1 is 1.19 bits per heavy atom. The van der Waals surface area contributed by atoms with E-state index in [4.69, 9.17) is 4.74 Å². The molecule has 0 aliphatic heterocycles. The van der Waals surface area contributed by atoms with E-state index in [1.54, 1.807) is 6.92 Å². The third-order valence-corrected chi connectivity index (χ3v) is 9.04. The molecule has 0 unspecified atom stereocenters. The maximum absolute atomic E-state index is 12.3. The fourth-order valence-electron chi connectivity index (χ4n) is 7.42. The van der Waals surface area contributed by atoms with Crippen LogP contribution < -0.4 is 0 Å². The number of allylic oxidation sites excluding steroid dienone is 1. The maximum atomic E-state index is 12.3. The second-order valence-corrected chi connectivity index (χ2v) is 9.77. The van der Waals surface area contributed by atoms with Crippen molar-refractivity contribution in [2.45, 2.75) is 83.8 Å². The van der Waals surface area contributed by atoms with Gasteiger partial charge in [0.1, 0.15) is 11.7 Å². The number of ketones is 1. The van der Waals surface area contributed by atoms with Crippen LogP contribution in [-0.2, 0) is 14.3 Å². The van der Waals surface area contributed by atoms with Crippen LogP contribution in [0.4, 0.5) is 0 Å². The van der Waals surface area contributed by atoms with Crippen molar-refractivity contribution in [3.8, 4) is 0 Å². The first kappa shape index (κ1) is 18.2. The average Bonchev–Trinajstić information content (AvgIpc) is 2.88. The molecule has 0 saturated heterocycles. The molecule has 26 heavy (non-hydrogen) atoms. The highest BCUT2D eigenvalue weighted by Crippen LogP contribution is 2.67. The number of hydrogen-bond donors (Lipinski definition) is 1. The molecule has 0 aromatic heterocycles. The van der Waals surface area contributed by atoms with Gasteiger partial charge in [-0.15, -0.1) is 0 Å². The van der Waals surface area contributed by atoms with Crippen molar-refractivity contribution in [2.24, 2.45) is 28.6 Å². The van der Waals surface area contributed by atoms with Gasteiger partial charge in [0.2, 0.25) is 0 Å². The van der Waals surface area contributed by atoms with E-state index in [2.05, 4.69) is 19.9 Å². The summed E-state index contributed by atoms with van der Waals surface area (Å²) in [7, 11) is 0. The van der Waals surface area contributed by atoms with E-state index in [1.807, 2.05) is 0 Å². The van der Waals surface area contributed by atoms with Gasteiger partial charge in [-0.1, -0.05) is 25.5 Å². The molecule has 144 valence electrons. The fraction of sp³-hybridized carbons (Fsp3) is 0.818. The molecule has 0 radical (unpaired) electrons. The standard InChI is InChI=1S/C22H32O4/c1-14(24)22(25)11-8-19-17-5-4-15-12-16(26-13-23)6-9-20(15,2)18(17)7-10-21(19,22)3/h4,13,16-19,25H,5-12H2,1-3H3/t16-,17-,18-,19-,20+,21+,22-/m1/s1. The molecule has 4 heteroatoms. The van der Waals surface area contributed by atoms with Gasteiger partial charge in [0.25, 0.3) is 6.47 Å². The first-order chi connectivity index (χ1) is 12.3. The molecule has 0 amide bonds. The second-order valence-electron chi connectivity index (χ2n) is 9.77. The van der Waals surface area contributed by atoms with Gasteiger partial charge in [0.05, 0.1) is 0 Å². The summed E-state index contributed by atoms with van der Waals surface area (Å²) in [6.45, 7) is 6.72. The van der Waals surface area contributed by atoms with Crippen LogP contribution in [0.3, 0.4) is 0 Å². The van der Waals surface area contributed by atoms with Crippen LogP contribution in [0.1, 0.15) is 72.1 Å². The third kappa shape index (κ3) is 2.23. The molecule has 4 aliphatic rings. The van der Waals surface area contributed by atoms with E-state index in [9.17, 15) is 14.7 Å². The number of hydrogen-bond acceptors (Lipinski definition) is 4. The number of carbonyl (C=O) groups is 2. The van der Waals surface area contributed by atoms with Crippen molar-refractivity contribution in [3.05, 3.63) is 11.6 Å². The van der Waals surface area contributed by atoms with Gasteiger partial charge in [0, 0.05) is 11.8 Å². The zero-order valence-corrected chi connectivity index (χ0v) is 16.3. The number of carbonyl (C=O) groups excluding carboxylic acids is 2. The van der Waals surface area contributed by atoms with E-state index in [-0.39, 0.29) is 22.7 Å². The lowest BCUT2D eigenvalue weighted by Crippen LogP contribution is -2.57. The van der Waals surface area contributed by atoms with Gasteiger partial charge in [-0.2, -0.15) is 0 Å². The molecule has 0 heterocycles. The van der Waals surface area contributed by atoms with Crippen LogP contribution in [-0.4, -0.2) is 29.1 Å². The minimum absolute atomic E-state index is 0.0338. The molecule has 4 nitrogen and oxygen atoms in total. The largest absolute Gasteiger partial charge is 0.464 e. The van der Waals surface area contributed by atoms with Crippen molar-refractivity contribution >= 4 is 12.3 Å². The van der Waals surface area contributed by atoms with E-state index >= 15 is 0 Å². The molecule has 7 atom stereocenters. The Morgan fingerprint density at radius 3 is 2.62 bits per heavy atom. The third-order valence-electron chi connectivity index (χ3n) is 9.04. The molecule has 3 fully saturated rings. The van der Waals surface area contributed by atoms with E-state index < -0.39 is 5.60 Å². The fourth-order valence-corrected chi connectivity index (χ4v) is 7.42. The second kappa shape index (κ2) is 5.92. The lowest BCUT2D eigenvalue weighted by Gasteiger charge is -2.58. The van der Waals surface area contributed by atoms with Crippen LogP contribution >= 0.6 is 0 Å². The minimum atomic E-state index is -1.14. The molecule has 3 saturated carbocycles. The van der Waals surface area contributed by atoms with Crippen LogP contribution in [0.2, 0.25) is 0 Å². The summed E-state index contributed by atoms with van der Waals surface area (Å²) in [5.74, 6) is 1.55. The minimum Gasteiger partial charge on any atom is -0.464 e. The molecule has 4 aliphatic carbocycles. The van der Waals surface area contributed by atoms with Crippen LogP contribution in [0.5, 0.6) is 0 Å². The highest BCUT2D eigenvalue weighted by Gasteiger charge is 2.65. The predicted molar refractivity (Wildman–Crippen MR) is 98.3 cm³/mol. The summed E-state index contributed by atoms with van der Waals surface area (Å²) in [6.07, 6.45) is 9.96. The summed E-state index contributed by atoms with van der Waals surface area (Å²) in [5.41, 5.74) is 0.243. The van der Waals surface area contributed by atoms with Crippen molar-refractivity contribution < 1.29 is 19.4 Å². The van der Waals surface area contributed by atoms with Gasteiger partial charge in [-0.05, 0) is 75.0 Å². The van der Waals surface area contributed by atoms with Gasteiger partial charge >= 0.3 is 0 Å². The Morgan fingerprint density at radius 2 is 1.92 bits per heavy atom. The normalized spacial score (nSPS) is 50.1. The predicted octanol–water partition coefficient (Wildman–Crippen LogP) is 3.81. The monoisotopic (exact) mass is 360 g/mol. The van der Waals surface area contributed by atoms with Crippen molar-refractivity contribution in [1.29, 1.82) is 0 Å². The first-order valence-corrected chi connectivity index (χ1v) is 10.3. The van der Waals surface area contributed by atoms with Gasteiger partial charge in [-0.25, -0.2) is 0 Å². The maximum Gasteiger partial charge on any atom is 0.293 e. The lowest BCUT2D eigenvalue weighted by molar-refractivity contribution is -0.159. The Balaban J connectivity index is 1.64. The lowest BCUT2D eigenvalue weighted by atomic mass is 9.47. The van der Waals surface area contributed by atoms with Crippen molar-refractivity contribution in [1.82, 2.24) is 0 Å². The van der Waals surface area contributed by atoms with Gasteiger partial charge in [0.15, 0.2) is 5.78 Å². The zero-order valence-electron chi connectivity index (χ0n) is 16.3. The number of fused-ring (bicyclic) bond motifs is 5. The summed E-state index contributed by atoms with van der Waals surface area (Å²) in [4.78, 5) is 23.0. The van der Waals surface area contributed by atoms with Crippen LogP contribution in [0.15, 0.2) is 11.6 Å². The number of rotatable bonds is 3. The van der Waals surface area contributed by atoms with Gasteiger partial charge in [-0.3, -0.25) is 9.59 Å². The quantitative estimate of drug-likeness (QED) is 0.614. The zero-order chi connectivity index (χ0) is 18.7. The Bertz CT molecular complexity index is 655. The smallest absolute Gasteiger partial charge is 0.293 e. The van der Waals surface area contributed by atoms with Crippen molar-refractivity contribution in [2.75, 3.05) is 0 Å². The Kier molecular flexibility index (Phi) is 4.15. The molecule has 1 N–H and O–H groups in total. The summed E-state index contributed by atoms with van der Waals surface area (Å²) in [5, 5.41) is 11.2.